The van der Waals surface area contributed by atoms with Gasteiger partial charge in [-0.15, -0.1) is 0 Å². The third kappa shape index (κ3) is 2.25. The first-order chi connectivity index (χ1) is 9.39. The van der Waals surface area contributed by atoms with Gasteiger partial charge in [-0.2, -0.15) is 0 Å². The molecular formula is C11H12N2O6S. The average Bonchev–Trinajstić information content (AvgIpc) is 2.59. The lowest BCUT2D eigenvalue weighted by atomic mass is 10.2. The summed E-state index contributed by atoms with van der Waals surface area (Å²) >= 11 is 0. The molecule has 0 aromatic heterocycles. The Morgan fingerprint density at radius 2 is 2.00 bits per heavy atom. The third-order valence-corrected chi connectivity index (χ3v) is 4.79. The van der Waals surface area contributed by atoms with Gasteiger partial charge in [-0.3, -0.25) is 14.9 Å². The summed E-state index contributed by atoms with van der Waals surface area (Å²) in [4.78, 5) is 21.6. The highest BCUT2D eigenvalue weighted by molar-refractivity contribution is 7.90. The Labute approximate surface area is 114 Å². The van der Waals surface area contributed by atoms with Crippen LogP contribution in [0.3, 0.4) is 0 Å². The number of hydrogen-bond donors (Lipinski definition) is 1. The summed E-state index contributed by atoms with van der Waals surface area (Å²) in [5.41, 5.74) is -0.433. The number of fused-ring (bicyclic) bond motifs is 1. The zero-order valence-electron chi connectivity index (χ0n) is 10.4. The van der Waals surface area contributed by atoms with E-state index >= 15 is 0 Å². The number of nitro benzene ring substituents is 1. The number of aliphatic hydroxyl groups excluding tert-OH is 1. The third-order valence-electron chi connectivity index (χ3n) is 2.97. The van der Waals surface area contributed by atoms with E-state index in [0.29, 0.717) is 17.1 Å². The summed E-state index contributed by atoms with van der Waals surface area (Å²) in [6.07, 6.45) is 0.702. The Hall–Kier alpha value is -2.00. The van der Waals surface area contributed by atoms with Crippen molar-refractivity contribution >= 4 is 21.6 Å². The summed E-state index contributed by atoms with van der Waals surface area (Å²) in [5, 5.41) is 19.3. The summed E-state index contributed by atoms with van der Waals surface area (Å²) in [6, 6.07) is 3.15. The smallest absolute Gasteiger partial charge is 0.270 e. The number of aliphatic hydroxyl groups is 1. The molecule has 1 amide bonds. The lowest BCUT2D eigenvalue weighted by Gasteiger charge is -2.14. The SMILES string of the molecule is O=C1c2ccc([N+](=O)[O-])cc2S(=O)(=O)N1CCCCO. The van der Waals surface area contributed by atoms with Gasteiger partial charge in [0.05, 0.1) is 10.5 Å². The van der Waals surface area contributed by atoms with E-state index in [4.69, 9.17) is 5.11 Å². The van der Waals surface area contributed by atoms with Crippen LogP contribution in [-0.4, -0.2) is 41.8 Å². The molecule has 9 heteroatoms. The summed E-state index contributed by atoms with van der Waals surface area (Å²) < 4.78 is 25.1. The molecule has 20 heavy (non-hydrogen) atoms. The number of nitrogens with zero attached hydrogens (tertiary/aromatic N) is 2. The molecule has 1 aromatic rings. The molecule has 8 nitrogen and oxygen atoms in total. The molecule has 1 aromatic carbocycles. The van der Waals surface area contributed by atoms with Crippen molar-refractivity contribution in [3.63, 3.8) is 0 Å². The van der Waals surface area contributed by atoms with Crippen molar-refractivity contribution in [2.24, 2.45) is 0 Å². The van der Waals surface area contributed by atoms with Crippen molar-refractivity contribution in [2.75, 3.05) is 13.2 Å². The number of unbranched alkanes of at least 4 members (excludes halogenated alkanes) is 1. The van der Waals surface area contributed by atoms with Crippen LogP contribution in [0.5, 0.6) is 0 Å². The predicted molar refractivity (Wildman–Crippen MR) is 67.6 cm³/mol. The molecule has 0 saturated heterocycles. The molecule has 0 bridgehead atoms. The van der Waals surface area contributed by atoms with E-state index in [0.717, 1.165) is 18.2 Å². The van der Waals surface area contributed by atoms with Gasteiger partial charge in [0, 0.05) is 25.3 Å². The highest BCUT2D eigenvalue weighted by Crippen LogP contribution is 2.33. The van der Waals surface area contributed by atoms with E-state index in [1.54, 1.807) is 0 Å². The van der Waals surface area contributed by atoms with Gasteiger partial charge in [0.2, 0.25) is 0 Å². The van der Waals surface area contributed by atoms with E-state index in [1.807, 2.05) is 0 Å². The van der Waals surface area contributed by atoms with Crippen LogP contribution >= 0.6 is 0 Å². The molecule has 0 fully saturated rings. The Bertz CT molecular complexity index is 669. The first-order valence-corrected chi connectivity index (χ1v) is 7.30. The molecule has 1 aliphatic heterocycles. The van der Waals surface area contributed by atoms with Crippen LogP contribution in [0.1, 0.15) is 23.2 Å². The molecule has 0 spiro atoms. The van der Waals surface area contributed by atoms with E-state index < -0.39 is 20.9 Å². The molecule has 0 unspecified atom stereocenters. The average molecular weight is 300 g/mol. The van der Waals surface area contributed by atoms with E-state index in [2.05, 4.69) is 0 Å². The minimum Gasteiger partial charge on any atom is -0.396 e. The number of carbonyl (C=O) groups excluding carboxylic acids is 1. The Morgan fingerprint density at radius 3 is 2.60 bits per heavy atom. The molecule has 2 rings (SSSR count). The molecule has 0 atom stereocenters. The number of amides is 1. The van der Waals surface area contributed by atoms with Crippen LogP contribution in [0.15, 0.2) is 23.1 Å². The maximum atomic E-state index is 12.2. The van der Waals surface area contributed by atoms with Gasteiger partial charge in [-0.25, -0.2) is 12.7 Å². The zero-order valence-corrected chi connectivity index (χ0v) is 11.2. The molecule has 1 N–H and O–H groups in total. The lowest BCUT2D eigenvalue weighted by molar-refractivity contribution is -0.385. The van der Waals surface area contributed by atoms with E-state index in [1.165, 1.54) is 0 Å². The minimum atomic E-state index is -4.03. The normalized spacial score (nSPS) is 16.2. The second-order valence-corrected chi connectivity index (χ2v) is 6.08. The maximum Gasteiger partial charge on any atom is 0.270 e. The summed E-state index contributed by atoms with van der Waals surface area (Å²) in [7, 11) is -4.03. The minimum absolute atomic E-state index is 0.0514. The van der Waals surface area contributed by atoms with Gasteiger partial charge in [-0.1, -0.05) is 0 Å². The Morgan fingerprint density at radius 1 is 1.30 bits per heavy atom. The molecule has 0 saturated carbocycles. The number of rotatable bonds is 5. The van der Waals surface area contributed by atoms with Crippen LogP contribution in [-0.2, 0) is 10.0 Å². The van der Waals surface area contributed by atoms with Crippen molar-refractivity contribution in [1.29, 1.82) is 0 Å². The summed E-state index contributed by atoms with van der Waals surface area (Å²) in [5.74, 6) is -0.687. The van der Waals surface area contributed by atoms with Gasteiger partial charge in [-0.05, 0) is 18.9 Å². The number of hydrogen-bond acceptors (Lipinski definition) is 6. The number of nitro groups is 1. The van der Waals surface area contributed by atoms with Crippen molar-refractivity contribution in [1.82, 2.24) is 4.31 Å². The molecule has 0 radical (unpaired) electrons. The highest BCUT2D eigenvalue weighted by atomic mass is 32.2. The van der Waals surface area contributed by atoms with Gasteiger partial charge in [0.15, 0.2) is 0 Å². The quantitative estimate of drug-likeness (QED) is 0.481. The van der Waals surface area contributed by atoms with Crippen molar-refractivity contribution in [2.45, 2.75) is 17.7 Å². The molecule has 1 aliphatic rings. The van der Waals surface area contributed by atoms with E-state index in [9.17, 15) is 23.3 Å². The fourth-order valence-electron chi connectivity index (χ4n) is 1.97. The largest absolute Gasteiger partial charge is 0.396 e. The zero-order chi connectivity index (χ0) is 14.9. The first-order valence-electron chi connectivity index (χ1n) is 5.86. The van der Waals surface area contributed by atoms with Gasteiger partial charge < -0.3 is 5.11 Å². The molecule has 108 valence electrons. The number of carbonyl (C=O) groups is 1. The van der Waals surface area contributed by atoms with Crippen molar-refractivity contribution in [3.8, 4) is 0 Å². The fourth-order valence-corrected chi connectivity index (χ4v) is 3.59. The van der Waals surface area contributed by atoms with Crippen molar-refractivity contribution in [3.05, 3.63) is 33.9 Å². The standard InChI is InChI=1S/C11H12N2O6S/c14-6-2-1-5-12-11(15)9-4-3-8(13(16)17)7-10(9)20(12,18)19/h3-4,7,14H,1-2,5-6H2. The van der Waals surface area contributed by atoms with Gasteiger partial charge >= 0.3 is 0 Å². The van der Waals surface area contributed by atoms with Gasteiger partial charge in [0.1, 0.15) is 4.90 Å². The number of sulfonamides is 1. The van der Waals surface area contributed by atoms with Crippen LogP contribution in [0.2, 0.25) is 0 Å². The summed E-state index contributed by atoms with van der Waals surface area (Å²) in [6.45, 7) is -0.148. The second kappa shape index (κ2) is 5.17. The first kappa shape index (κ1) is 14.4. The lowest BCUT2D eigenvalue weighted by Crippen LogP contribution is -2.31. The molecule has 1 heterocycles. The fraction of sp³-hybridized carbons (Fsp3) is 0.364. The Balaban J connectivity index is 2.40. The van der Waals surface area contributed by atoms with Crippen LogP contribution < -0.4 is 0 Å². The maximum absolute atomic E-state index is 12.2. The highest BCUT2D eigenvalue weighted by Gasteiger charge is 2.41. The van der Waals surface area contributed by atoms with Crippen LogP contribution in [0.25, 0.3) is 0 Å². The monoisotopic (exact) mass is 300 g/mol. The predicted octanol–water partition coefficient (Wildman–Crippen LogP) is 0.512. The van der Waals surface area contributed by atoms with Crippen LogP contribution in [0, 0.1) is 10.1 Å². The van der Waals surface area contributed by atoms with Gasteiger partial charge in [0.25, 0.3) is 21.6 Å². The second-order valence-electron chi connectivity index (χ2n) is 4.25. The Kier molecular flexibility index (Phi) is 3.73. The van der Waals surface area contributed by atoms with Crippen LogP contribution in [0.4, 0.5) is 5.69 Å². The number of benzene rings is 1. The topological polar surface area (TPSA) is 118 Å². The molecular weight excluding hydrogens is 288 g/mol. The molecule has 0 aliphatic carbocycles. The van der Waals surface area contributed by atoms with E-state index in [-0.39, 0.29) is 29.3 Å². The van der Waals surface area contributed by atoms with Crippen molar-refractivity contribution < 1.29 is 23.2 Å². The number of non-ortho nitro benzene ring substituents is 1.